The van der Waals surface area contributed by atoms with Crippen molar-refractivity contribution in [3.05, 3.63) is 120 Å². The Kier molecular flexibility index (Phi) is 36.5. The van der Waals surface area contributed by atoms with Gasteiger partial charge in [-0.2, -0.15) is 30.9 Å². The van der Waals surface area contributed by atoms with Crippen molar-refractivity contribution in [2.24, 2.45) is 5.84 Å². The number of rotatable bonds is 5. The van der Waals surface area contributed by atoms with Crippen LogP contribution in [0, 0.1) is 19.9 Å². The van der Waals surface area contributed by atoms with Crippen LogP contribution in [0.1, 0.15) is 63.8 Å². The molecule has 0 amide bonds. The topological polar surface area (TPSA) is 67.5 Å². The number of hydrogen-bond acceptors (Lipinski definition) is 4. The molecule has 2 aromatic rings. The van der Waals surface area contributed by atoms with Gasteiger partial charge in [-0.05, 0) is 31.6 Å². The summed E-state index contributed by atoms with van der Waals surface area (Å²) in [7, 11) is 0. The second-order valence-corrected chi connectivity index (χ2v) is 7.09. The van der Waals surface area contributed by atoms with E-state index in [1.54, 1.807) is 6.08 Å². The number of ether oxygens (including phenoxy) is 1. The van der Waals surface area contributed by atoms with Gasteiger partial charge in [0.1, 0.15) is 6.10 Å². The van der Waals surface area contributed by atoms with Crippen LogP contribution < -0.4 is 11.3 Å². The number of nitrogens with one attached hydrogen (secondary N) is 1. The van der Waals surface area contributed by atoms with Crippen LogP contribution in [0.25, 0.3) is 0 Å². The zero-order valence-electron chi connectivity index (χ0n) is 24.6. The molecule has 1 aliphatic rings. The molecule has 1 aliphatic carbocycles. The van der Waals surface area contributed by atoms with E-state index in [1.807, 2.05) is 71.9 Å². The van der Waals surface area contributed by atoms with E-state index >= 15 is 0 Å². The molecule has 205 valence electrons. The van der Waals surface area contributed by atoms with Crippen LogP contribution in [-0.4, -0.2) is 17.8 Å². The Morgan fingerprint density at radius 1 is 1.05 bits per heavy atom. The minimum Gasteiger partial charge on any atom is -0.481 e. The number of hydrogen-bond donors (Lipinski definition) is 3. The van der Waals surface area contributed by atoms with Crippen LogP contribution in [0.5, 0.6) is 0 Å². The maximum Gasteiger partial charge on any atom is 0.269 e. The third-order valence-corrected chi connectivity index (χ3v) is 4.20. The summed E-state index contributed by atoms with van der Waals surface area (Å²) in [4.78, 5) is 0. The predicted octanol–water partition coefficient (Wildman–Crippen LogP) is 8.13. The van der Waals surface area contributed by atoms with Crippen molar-refractivity contribution in [3.8, 4) is 0 Å². The average Bonchev–Trinajstić information content (AvgIpc) is 3.29. The molecule has 0 aliphatic heterocycles. The molecule has 0 spiro atoms. The number of hydrazine groups is 1. The third-order valence-electron chi connectivity index (χ3n) is 4.20. The molecule has 0 unspecified atom stereocenters. The molecule has 0 saturated carbocycles. The molecule has 0 atom stereocenters. The summed E-state index contributed by atoms with van der Waals surface area (Å²) in [6.07, 6.45) is 11.9. The number of fused-ring (bicyclic) bond motifs is 1. The van der Waals surface area contributed by atoms with Crippen molar-refractivity contribution < 1.29 is 42.6 Å². The van der Waals surface area contributed by atoms with Crippen LogP contribution in [0.2, 0.25) is 0 Å². The first-order valence-electron chi connectivity index (χ1n) is 12.8. The SMILES string of the molecule is C=C(O)OC1Cc2ccccc2C1.C=C[C-]=C/C=C\C.CC.CC.CCNN.Cc1cccc(C)c1.[Y]. The van der Waals surface area contributed by atoms with Crippen molar-refractivity contribution in [1.29, 1.82) is 0 Å². The Hall–Kier alpha value is -1.98. The van der Waals surface area contributed by atoms with E-state index in [9.17, 15) is 0 Å². The summed E-state index contributed by atoms with van der Waals surface area (Å²) in [5.41, 5.74) is 7.73. The van der Waals surface area contributed by atoms with Crippen LogP contribution in [0.15, 0.2) is 91.9 Å². The van der Waals surface area contributed by atoms with E-state index in [2.05, 4.69) is 74.9 Å². The van der Waals surface area contributed by atoms with Gasteiger partial charge in [-0.25, -0.2) is 0 Å². The van der Waals surface area contributed by atoms with Gasteiger partial charge in [0.25, 0.3) is 5.95 Å². The molecule has 5 heteroatoms. The molecule has 0 fully saturated rings. The first-order chi connectivity index (χ1) is 17.4. The fourth-order valence-electron chi connectivity index (χ4n) is 2.82. The van der Waals surface area contributed by atoms with Gasteiger partial charge in [0.2, 0.25) is 0 Å². The van der Waals surface area contributed by atoms with Crippen molar-refractivity contribution in [3.63, 3.8) is 0 Å². The largest absolute Gasteiger partial charge is 0.481 e. The first-order valence-corrected chi connectivity index (χ1v) is 12.8. The Balaban J connectivity index is -0.000000199. The molecule has 4 nitrogen and oxygen atoms in total. The maximum absolute atomic E-state index is 8.88. The minimum atomic E-state index is -0.183. The molecular formula is C32H51N2O2Y-. The van der Waals surface area contributed by atoms with Gasteiger partial charge < -0.3 is 9.84 Å². The number of aliphatic hydroxyl groups is 1. The summed E-state index contributed by atoms with van der Waals surface area (Å²) in [6, 6.07) is 16.7. The quantitative estimate of drug-likeness (QED) is 0.109. The van der Waals surface area contributed by atoms with Gasteiger partial charge in [-0.3, -0.25) is 11.3 Å². The van der Waals surface area contributed by atoms with E-state index in [-0.39, 0.29) is 44.8 Å². The Morgan fingerprint density at radius 3 is 1.81 bits per heavy atom. The molecule has 37 heavy (non-hydrogen) atoms. The van der Waals surface area contributed by atoms with Crippen molar-refractivity contribution in [2.45, 2.75) is 74.3 Å². The standard InChI is InChI=1S/C11H12O2.C8H10.C7H9.C2H8N2.2C2H6.Y/c1-8(12)13-11-6-9-4-2-3-5-10(9)7-11;1-7-4-3-5-8(2)6-7;1-3-5-7-6-4-2;1-2-4-3;2*1-2;/h2-5,11-12H,1,6-7H2;3-6H,1-2H3;3-4,6-7H,1H2,2H3;4H,2-3H2,1H3;2*1-2H3;/q;;-1;;;;/b;;6-4-;;;;. The summed E-state index contributed by atoms with van der Waals surface area (Å²) >= 11 is 0. The molecule has 3 rings (SSSR count). The molecule has 1 radical (unpaired) electrons. The predicted molar refractivity (Wildman–Crippen MR) is 160 cm³/mol. The fraction of sp³-hybridized carbons (Fsp3) is 0.375. The number of aryl methyl sites for hydroxylation is 2. The van der Waals surface area contributed by atoms with Gasteiger partial charge >= 0.3 is 0 Å². The number of aliphatic hydroxyl groups excluding tert-OH is 1. The van der Waals surface area contributed by atoms with Crippen LogP contribution in [0.4, 0.5) is 0 Å². The maximum atomic E-state index is 8.88. The van der Waals surface area contributed by atoms with Gasteiger partial charge in [0.15, 0.2) is 0 Å². The van der Waals surface area contributed by atoms with E-state index < -0.39 is 0 Å². The zero-order chi connectivity index (χ0) is 28.2. The third kappa shape index (κ3) is 26.9. The summed E-state index contributed by atoms with van der Waals surface area (Å²) in [5.74, 6) is 4.60. The zero-order valence-corrected chi connectivity index (χ0v) is 27.4. The monoisotopic (exact) mass is 584 g/mol. The van der Waals surface area contributed by atoms with Crippen LogP contribution in [0.3, 0.4) is 0 Å². The van der Waals surface area contributed by atoms with E-state index in [1.165, 1.54) is 22.3 Å². The van der Waals surface area contributed by atoms with Crippen molar-refractivity contribution in [1.82, 2.24) is 5.43 Å². The summed E-state index contributed by atoms with van der Waals surface area (Å²) < 4.78 is 5.15. The summed E-state index contributed by atoms with van der Waals surface area (Å²) in [6.45, 7) is 23.7. The summed E-state index contributed by atoms with van der Waals surface area (Å²) in [5, 5.41) is 8.88. The second-order valence-electron chi connectivity index (χ2n) is 7.09. The molecular weight excluding hydrogens is 533 g/mol. The first kappa shape index (κ1) is 42.1. The van der Waals surface area contributed by atoms with Gasteiger partial charge in [0.05, 0.1) is 0 Å². The smallest absolute Gasteiger partial charge is 0.269 e. The molecule has 0 saturated heterocycles. The van der Waals surface area contributed by atoms with E-state index in [0.717, 1.165) is 19.4 Å². The normalized spacial score (nSPS) is 10.6. The Bertz CT molecular complexity index is 804. The van der Waals surface area contributed by atoms with E-state index in [0.29, 0.717) is 0 Å². The Labute approximate surface area is 253 Å². The van der Waals surface area contributed by atoms with Gasteiger partial charge in [-0.15, -0.1) is 6.08 Å². The number of allylic oxidation sites excluding steroid dienone is 5. The van der Waals surface area contributed by atoms with Gasteiger partial charge in [0, 0.05) is 52.1 Å². The van der Waals surface area contributed by atoms with Crippen molar-refractivity contribution in [2.75, 3.05) is 6.54 Å². The van der Waals surface area contributed by atoms with Crippen LogP contribution >= 0.6 is 0 Å². The molecule has 4 N–H and O–H groups in total. The van der Waals surface area contributed by atoms with Crippen molar-refractivity contribution >= 4 is 0 Å². The Morgan fingerprint density at radius 2 is 1.51 bits per heavy atom. The van der Waals surface area contributed by atoms with Crippen LogP contribution in [-0.2, 0) is 50.3 Å². The molecule has 0 aromatic heterocycles. The van der Waals surface area contributed by atoms with E-state index in [4.69, 9.17) is 15.7 Å². The molecule has 0 bridgehead atoms. The number of benzene rings is 2. The molecule has 0 heterocycles. The molecule has 2 aromatic carbocycles. The fourth-order valence-corrected chi connectivity index (χ4v) is 2.82. The minimum absolute atomic E-state index is 0. The van der Waals surface area contributed by atoms with Gasteiger partial charge in [-0.1, -0.05) is 101 Å². The average molecular weight is 585 g/mol. The number of nitrogens with two attached hydrogens (primary N) is 1. The second kappa shape index (κ2) is 32.1.